The van der Waals surface area contributed by atoms with Gasteiger partial charge < -0.3 is 10.1 Å². The van der Waals surface area contributed by atoms with Crippen LogP contribution < -0.4 is 5.32 Å². The molecular formula is C12H21NO3S. The fraction of sp³-hybridized carbons (Fsp3) is 0.833. The van der Waals surface area contributed by atoms with Crippen LogP contribution in [0.15, 0.2) is 0 Å². The molecule has 4 nitrogen and oxygen atoms in total. The van der Waals surface area contributed by atoms with E-state index in [-0.39, 0.29) is 17.8 Å². The minimum atomic E-state index is -0.214. The predicted molar refractivity (Wildman–Crippen MR) is 68.9 cm³/mol. The second-order valence-corrected chi connectivity index (χ2v) is 5.52. The van der Waals surface area contributed by atoms with Crippen molar-refractivity contribution < 1.29 is 14.3 Å². The van der Waals surface area contributed by atoms with Crippen LogP contribution in [-0.4, -0.2) is 36.5 Å². The van der Waals surface area contributed by atoms with E-state index in [2.05, 4.69) is 10.1 Å². The number of carbonyl (C=O) groups excluding carboxylic acids is 2. The first-order chi connectivity index (χ1) is 8.13. The lowest BCUT2D eigenvalue weighted by molar-refractivity contribution is -0.144. The monoisotopic (exact) mass is 259 g/mol. The molecule has 0 saturated heterocycles. The van der Waals surface area contributed by atoms with Crippen molar-refractivity contribution in [2.75, 3.05) is 18.6 Å². The molecule has 1 N–H and O–H groups in total. The number of nitrogens with one attached hydrogen (secondary N) is 1. The van der Waals surface area contributed by atoms with Crippen molar-refractivity contribution in [2.24, 2.45) is 5.92 Å². The van der Waals surface area contributed by atoms with Crippen molar-refractivity contribution in [3.63, 3.8) is 0 Å². The number of esters is 1. The number of thioether (sulfide) groups is 1. The third-order valence-electron chi connectivity index (χ3n) is 2.92. The Bertz CT molecular complexity index is 264. The topological polar surface area (TPSA) is 55.4 Å². The van der Waals surface area contributed by atoms with Gasteiger partial charge in [-0.25, -0.2) is 0 Å². The molecule has 0 aromatic heterocycles. The molecule has 1 aliphatic rings. The van der Waals surface area contributed by atoms with Crippen molar-refractivity contribution in [3.05, 3.63) is 0 Å². The van der Waals surface area contributed by atoms with Crippen LogP contribution in [0.3, 0.4) is 0 Å². The smallest absolute Gasteiger partial charge is 0.309 e. The second-order valence-electron chi connectivity index (χ2n) is 4.49. The predicted octanol–water partition coefficient (Wildman–Crippen LogP) is 1.59. The zero-order chi connectivity index (χ0) is 12.7. The molecule has 0 spiro atoms. The number of hydrogen-bond donors (Lipinski definition) is 1. The molecule has 0 radical (unpaired) electrons. The Labute approximate surface area is 107 Å². The highest BCUT2D eigenvalue weighted by molar-refractivity contribution is 7.99. The zero-order valence-corrected chi connectivity index (χ0v) is 11.3. The largest absolute Gasteiger partial charge is 0.469 e. The molecule has 0 aliphatic heterocycles. The molecule has 0 heterocycles. The molecule has 0 aromatic rings. The third-order valence-corrected chi connectivity index (χ3v) is 4.13. The van der Waals surface area contributed by atoms with Crippen molar-refractivity contribution in [3.8, 4) is 0 Å². The lowest BCUT2D eigenvalue weighted by atomic mass is 10.2. The molecule has 1 aliphatic carbocycles. The number of methoxy groups -OCH3 is 1. The Balaban J connectivity index is 2.09. The second kappa shape index (κ2) is 7.58. The molecule has 0 aromatic carbocycles. The summed E-state index contributed by atoms with van der Waals surface area (Å²) in [6, 6.07) is 0.376. The molecule has 1 rings (SSSR count). The summed E-state index contributed by atoms with van der Waals surface area (Å²) in [4.78, 5) is 22.7. The van der Waals surface area contributed by atoms with E-state index in [1.807, 2.05) is 6.92 Å². The van der Waals surface area contributed by atoms with Crippen molar-refractivity contribution in [2.45, 2.75) is 38.6 Å². The lowest BCUT2D eigenvalue weighted by Crippen LogP contribution is -2.34. The fourth-order valence-corrected chi connectivity index (χ4v) is 2.81. The number of ether oxygens (including phenoxy) is 1. The van der Waals surface area contributed by atoms with Gasteiger partial charge in [-0.1, -0.05) is 19.8 Å². The van der Waals surface area contributed by atoms with Gasteiger partial charge in [-0.05, 0) is 12.8 Å². The van der Waals surface area contributed by atoms with Crippen LogP contribution in [-0.2, 0) is 14.3 Å². The lowest BCUT2D eigenvalue weighted by Gasteiger charge is -2.12. The quantitative estimate of drug-likeness (QED) is 0.736. The van der Waals surface area contributed by atoms with Crippen LogP contribution in [0.1, 0.15) is 32.6 Å². The first-order valence-electron chi connectivity index (χ1n) is 6.08. The van der Waals surface area contributed by atoms with Crippen LogP contribution in [0.4, 0.5) is 0 Å². The van der Waals surface area contributed by atoms with Crippen molar-refractivity contribution in [1.29, 1.82) is 0 Å². The summed E-state index contributed by atoms with van der Waals surface area (Å²) >= 11 is 1.48. The van der Waals surface area contributed by atoms with Crippen molar-refractivity contribution in [1.82, 2.24) is 5.32 Å². The van der Waals surface area contributed by atoms with Gasteiger partial charge in [0.2, 0.25) is 5.91 Å². The van der Waals surface area contributed by atoms with E-state index in [0.717, 1.165) is 12.8 Å². The summed E-state index contributed by atoms with van der Waals surface area (Å²) in [5.74, 6) is 0.778. The molecule has 1 unspecified atom stereocenters. The fourth-order valence-electron chi connectivity index (χ4n) is 1.94. The summed E-state index contributed by atoms with van der Waals surface area (Å²) in [7, 11) is 1.39. The Hall–Kier alpha value is -0.710. The van der Waals surface area contributed by atoms with Gasteiger partial charge in [0.15, 0.2) is 0 Å². The Morgan fingerprint density at radius 2 is 2.06 bits per heavy atom. The first kappa shape index (κ1) is 14.4. The molecule has 1 saturated carbocycles. The van der Waals surface area contributed by atoms with Crippen LogP contribution in [0.25, 0.3) is 0 Å². The van der Waals surface area contributed by atoms with E-state index < -0.39 is 0 Å². The molecule has 5 heteroatoms. The van der Waals surface area contributed by atoms with Crippen LogP contribution >= 0.6 is 11.8 Å². The summed E-state index contributed by atoms with van der Waals surface area (Å²) in [5, 5.41) is 3.02. The average Bonchev–Trinajstić information content (AvgIpc) is 2.80. The van der Waals surface area contributed by atoms with Gasteiger partial charge in [0.05, 0.1) is 18.8 Å². The van der Waals surface area contributed by atoms with Gasteiger partial charge >= 0.3 is 5.97 Å². The van der Waals surface area contributed by atoms with E-state index in [1.54, 1.807) is 0 Å². The van der Waals surface area contributed by atoms with Crippen LogP contribution in [0.5, 0.6) is 0 Å². The van der Waals surface area contributed by atoms with Gasteiger partial charge in [-0.15, -0.1) is 0 Å². The SMILES string of the molecule is COC(=O)C(C)CSCC(=O)NC1CCCC1. The van der Waals surface area contributed by atoms with E-state index in [0.29, 0.717) is 17.5 Å². The average molecular weight is 259 g/mol. The Morgan fingerprint density at radius 3 is 2.65 bits per heavy atom. The maximum absolute atomic E-state index is 11.6. The third kappa shape index (κ3) is 5.44. The highest BCUT2D eigenvalue weighted by atomic mass is 32.2. The van der Waals surface area contributed by atoms with Gasteiger partial charge in [-0.2, -0.15) is 11.8 Å². The summed E-state index contributed by atoms with van der Waals surface area (Å²) < 4.78 is 4.62. The molecule has 1 amide bonds. The number of rotatable bonds is 6. The molecule has 0 bridgehead atoms. The van der Waals surface area contributed by atoms with Crippen LogP contribution in [0, 0.1) is 5.92 Å². The molecule has 1 fully saturated rings. The number of amides is 1. The first-order valence-corrected chi connectivity index (χ1v) is 7.24. The minimum Gasteiger partial charge on any atom is -0.469 e. The van der Waals surface area contributed by atoms with E-state index in [9.17, 15) is 9.59 Å². The van der Waals surface area contributed by atoms with Crippen molar-refractivity contribution >= 4 is 23.6 Å². The molecular weight excluding hydrogens is 238 g/mol. The zero-order valence-electron chi connectivity index (χ0n) is 10.5. The summed E-state index contributed by atoms with van der Waals surface area (Å²) in [6.45, 7) is 1.81. The normalized spacial score (nSPS) is 17.8. The maximum Gasteiger partial charge on any atom is 0.309 e. The van der Waals surface area contributed by atoms with Gasteiger partial charge in [0.25, 0.3) is 0 Å². The van der Waals surface area contributed by atoms with Gasteiger partial charge in [-0.3, -0.25) is 9.59 Å². The molecule has 98 valence electrons. The highest BCUT2D eigenvalue weighted by Gasteiger charge is 2.18. The maximum atomic E-state index is 11.6. The van der Waals surface area contributed by atoms with E-state index in [1.165, 1.54) is 31.7 Å². The Morgan fingerprint density at radius 1 is 1.41 bits per heavy atom. The summed E-state index contributed by atoms with van der Waals surface area (Å²) in [6.07, 6.45) is 4.65. The standard InChI is InChI=1S/C12H21NO3S/c1-9(12(15)16-2)7-17-8-11(14)13-10-5-3-4-6-10/h9-10H,3-8H2,1-2H3,(H,13,14). The van der Waals surface area contributed by atoms with Crippen LogP contribution in [0.2, 0.25) is 0 Å². The summed E-state index contributed by atoms with van der Waals surface area (Å²) in [5.41, 5.74) is 0. The highest BCUT2D eigenvalue weighted by Crippen LogP contribution is 2.18. The number of carbonyl (C=O) groups is 2. The number of hydrogen-bond acceptors (Lipinski definition) is 4. The van der Waals surface area contributed by atoms with E-state index in [4.69, 9.17) is 0 Å². The Kier molecular flexibility index (Phi) is 6.40. The van der Waals surface area contributed by atoms with Gasteiger partial charge in [0, 0.05) is 11.8 Å². The minimum absolute atomic E-state index is 0.0824. The van der Waals surface area contributed by atoms with E-state index >= 15 is 0 Å². The molecule has 17 heavy (non-hydrogen) atoms. The molecule has 1 atom stereocenters. The van der Waals surface area contributed by atoms with Gasteiger partial charge in [0.1, 0.15) is 0 Å².